The summed E-state index contributed by atoms with van der Waals surface area (Å²) in [4.78, 5) is 24.1. The molecule has 7 nitrogen and oxygen atoms in total. The number of benzene rings is 1. The molecule has 1 saturated heterocycles. The molecule has 1 aromatic rings. The molecule has 1 aliphatic rings. The summed E-state index contributed by atoms with van der Waals surface area (Å²) >= 11 is 0. The first kappa shape index (κ1) is 17.4. The summed E-state index contributed by atoms with van der Waals surface area (Å²) in [6.45, 7) is 0.785. The average Bonchev–Trinajstić information content (AvgIpc) is 2.86. The Kier molecular flexibility index (Phi) is 5.73. The minimum Gasteiger partial charge on any atom is -0.383 e. The Morgan fingerprint density at radius 2 is 1.96 bits per heavy atom. The molecule has 0 saturated carbocycles. The van der Waals surface area contributed by atoms with Crippen LogP contribution in [0.4, 0.5) is 0 Å². The van der Waals surface area contributed by atoms with Crippen molar-refractivity contribution in [1.29, 1.82) is 0 Å². The number of ether oxygens (including phenoxy) is 1. The minimum absolute atomic E-state index is 0.0318. The molecule has 0 spiro atoms. The monoisotopic (exact) mass is 340 g/mol. The molecular formula is C15H20N2O5S. The van der Waals surface area contributed by atoms with Crippen molar-refractivity contribution in [2.45, 2.75) is 12.5 Å². The number of sulfone groups is 1. The molecule has 1 fully saturated rings. The molecule has 0 aromatic heterocycles. The Bertz CT molecular complexity index is 687. The summed E-state index contributed by atoms with van der Waals surface area (Å²) in [6.07, 6.45) is 0.422. The molecule has 126 valence electrons. The van der Waals surface area contributed by atoms with Crippen LogP contribution in [0.15, 0.2) is 24.3 Å². The minimum atomic E-state index is -3.05. The normalized spacial score (nSPS) is 19.3. The predicted molar refractivity (Wildman–Crippen MR) is 85.2 cm³/mol. The highest BCUT2D eigenvalue weighted by atomic mass is 32.2. The molecule has 2 amide bonds. The zero-order chi connectivity index (χ0) is 16.9. The molecule has 1 aliphatic heterocycles. The number of amides is 2. The van der Waals surface area contributed by atoms with E-state index in [1.54, 1.807) is 25.3 Å². The van der Waals surface area contributed by atoms with Crippen LogP contribution in [0.2, 0.25) is 0 Å². The highest BCUT2D eigenvalue weighted by molar-refractivity contribution is 7.91. The van der Waals surface area contributed by atoms with Crippen LogP contribution in [0.3, 0.4) is 0 Å². The van der Waals surface area contributed by atoms with E-state index in [0.29, 0.717) is 30.7 Å². The maximum absolute atomic E-state index is 12.2. The Labute approximate surface area is 135 Å². The van der Waals surface area contributed by atoms with Gasteiger partial charge in [0.15, 0.2) is 9.84 Å². The number of hydrogen-bond donors (Lipinski definition) is 2. The molecule has 0 aliphatic carbocycles. The first-order valence-corrected chi connectivity index (χ1v) is 9.12. The number of methoxy groups -OCH3 is 1. The maximum atomic E-state index is 12.2. The Hall–Kier alpha value is -1.93. The van der Waals surface area contributed by atoms with Gasteiger partial charge in [-0.1, -0.05) is 6.07 Å². The van der Waals surface area contributed by atoms with E-state index in [9.17, 15) is 18.0 Å². The second-order valence-corrected chi connectivity index (χ2v) is 7.63. The van der Waals surface area contributed by atoms with Gasteiger partial charge in [0.1, 0.15) is 0 Å². The van der Waals surface area contributed by atoms with Crippen molar-refractivity contribution in [2.24, 2.45) is 0 Å². The molecule has 1 heterocycles. The van der Waals surface area contributed by atoms with Gasteiger partial charge >= 0.3 is 0 Å². The van der Waals surface area contributed by atoms with Crippen LogP contribution in [0.25, 0.3) is 0 Å². The van der Waals surface area contributed by atoms with Crippen LogP contribution in [0.5, 0.6) is 0 Å². The van der Waals surface area contributed by atoms with Crippen LogP contribution in [0, 0.1) is 0 Å². The van der Waals surface area contributed by atoms with Crippen LogP contribution >= 0.6 is 0 Å². The van der Waals surface area contributed by atoms with E-state index in [0.717, 1.165) is 0 Å². The van der Waals surface area contributed by atoms with Crippen molar-refractivity contribution >= 4 is 21.7 Å². The lowest BCUT2D eigenvalue weighted by molar-refractivity contribution is 0.0937. The molecule has 1 unspecified atom stereocenters. The second kappa shape index (κ2) is 7.56. The van der Waals surface area contributed by atoms with Crippen LogP contribution in [0.1, 0.15) is 27.1 Å². The van der Waals surface area contributed by atoms with Gasteiger partial charge in [-0.3, -0.25) is 9.59 Å². The van der Waals surface area contributed by atoms with Gasteiger partial charge < -0.3 is 15.4 Å². The van der Waals surface area contributed by atoms with Crippen molar-refractivity contribution in [3.63, 3.8) is 0 Å². The SMILES string of the molecule is COCCNC(=O)c1cccc(C(=O)NC2CCS(=O)(=O)C2)c1. The van der Waals surface area contributed by atoms with Crippen molar-refractivity contribution in [1.82, 2.24) is 10.6 Å². The highest BCUT2D eigenvalue weighted by Crippen LogP contribution is 2.13. The highest BCUT2D eigenvalue weighted by Gasteiger charge is 2.29. The molecule has 2 N–H and O–H groups in total. The maximum Gasteiger partial charge on any atom is 0.251 e. The zero-order valence-electron chi connectivity index (χ0n) is 12.9. The van der Waals surface area contributed by atoms with Crippen molar-refractivity contribution in [3.05, 3.63) is 35.4 Å². The summed E-state index contributed by atoms with van der Waals surface area (Å²) in [7, 11) is -1.51. The van der Waals surface area contributed by atoms with Gasteiger partial charge in [0.05, 0.1) is 18.1 Å². The lowest BCUT2D eigenvalue weighted by Gasteiger charge is -2.11. The summed E-state index contributed by atoms with van der Waals surface area (Å²) < 4.78 is 27.7. The molecule has 8 heteroatoms. The Morgan fingerprint density at radius 1 is 1.26 bits per heavy atom. The zero-order valence-corrected chi connectivity index (χ0v) is 13.7. The molecular weight excluding hydrogens is 320 g/mol. The fourth-order valence-electron chi connectivity index (χ4n) is 2.35. The van der Waals surface area contributed by atoms with Gasteiger partial charge in [-0.25, -0.2) is 8.42 Å². The Morgan fingerprint density at radius 3 is 2.57 bits per heavy atom. The molecule has 23 heavy (non-hydrogen) atoms. The summed E-state index contributed by atoms with van der Waals surface area (Å²) in [5, 5.41) is 5.37. The van der Waals surface area contributed by atoms with E-state index in [4.69, 9.17) is 4.74 Å². The lowest BCUT2D eigenvalue weighted by Crippen LogP contribution is -2.35. The van der Waals surface area contributed by atoms with E-state index in [-0.39, 0.29) is 29.4 Å². The molecule has 0 radical (unpaired) electrons. The fraction of sp³-hybridized carbons (Fsp3) is 0.467. The molecule has 0 bridgehead atoms. The van der Waals surface area contributed by atoms with Crippen LogP contribution < -0.4 is 10.6 Å². The Balaban J connectivity index is 1.98. The van der Waals surface area contributed by atoms with Gasteiger partial charge in [-0.2, -0.15) is 0 Å². The molecule has 2 rings (SSSR count). The predicted octanol–water partition coefficient (Wildman–Crippen LogP) is -0.0203. The number of carbonyl (C=O) groups is 2. The summed E-state index contributed by atoms with van der Waals surface area (Å²) in [5.74, 6) is -0.602. The van der Waals surface area contributed by atoms with E-state index < -0.39 is 9.84 Å². The smallest absolute Gasteiger partial charge is 0.251 e. The quantitative estimate of drug-likeness (QED) is 0.709. The fourth-order valence-corrected chi connectivity index (χ4v) is 4.02. The van der Waals surface area contributed by atoms with E-state index in [1.165, 1.54) is 6.07 Å². The van der Waals surface area contributed by atoms with Crippen LogP contribution in [-0.2, 0) is 14.6 Å². The second-order valence-electron chi connectivity index (χ2n) is 5.40. The number of hydrogen-bond acceptors (Lipinski definition) is 5. The van der Waals surface area contributed by atoms with Crippen molar-refractivity contribution in [3.8, 4) is 0 Å². The van der Waals surface area contributed by atoms with Gasteiger partial charge in [-0.15, -0.1) is 0 Å². The van der Waals surface area contributed by atoms with Crippen molar-refractivity contribution < 1.29 is 22.7 Å². The number of rotatable bonds is 6. The topological polar surface area (TPSA) is 102 Å². The van der Waals surface area contributed by atoms with E-state index >= 15 is 0 Å². The summed E-state index contributed by atoms with van der Waals surface area (Å²) in [6, 6.07) is 5.93. The standard InChI is InChI=1S/C15H20N2O5S/c1-22-7-6-16-14(18)11-3-2-4-12(9-11)15(19)17-13-5-8-23(20,21)10-13/h2-4,9,13H,5-8,10H2,1H3,(H,16,18)(H,17,19). The van der Waals surface area contributed by atoms with Gasteiger partial charge in [0, 0.05) is 30.8 Å². The third-order valence-electron chi connectivity index (χ3n) is 3.55. The first-order chi connectivity index (χ1) is 10.9. The third kappa shape index (κ3) is 5.04. The lowest BCUT2D eigenvalue weighted by atomic mass is 10.1. The average molecular weight is 340 g/mol. The number of nitrogens with one attached hydrogen (secondary N) is 2. The number of carbonyl (C=O) groups excluding carboxylic acids is 2. The first-order valence-electron chi connectivity index (χ1n) is 7.30. The van der Waals surface area contributed by atoms with Gasteiger partial charge in [-0.05, 0) is 24.6 Å². The van der Waals surface area contributed by atoms with E-state index in [1.807, 2.05) is 0 Å². The summed E-state index contributed by atoms with van der Waals surface area (Å²) in [5.41, 5.74) is 0.696. The largest absolute Gasteiger partial charge is 0.383 e. The third-order valence-corrected chi connectivity index (χ3v) is 5.31. The van der Waals surface area contributed by atoms with Crippen LogP contribution in [-0.4, -0.2) is 58.0 Å². The molecule has 1 atom stereocenters. The van der Waals surface area contributed by atoms with Gasteiger partial charge in [0.2, 0.25) is 0 Å². The van der Waals surface area contributed by atoms with Gasteiger partial charge in [0.25, 0.3) is 11.8 Å². The van der Waals surface area contributed by atoms with E-state index in [2.05, 4.69) is 10.6 Å². The molecule has 1 aromatic carbocycles. The van der Waals surface area contributed by atoms with Crippen molar-refractivity contribution in [2.75, 3.05) is 31.8 Å².